The molecule has 0 spiro atoms. The van der Waals surface area contributed by atoms with Gasteiger partial charge in [0.2, 0.25) is 5.91 Å². The SMILES string of the molecule is Cc1csc(=O)n1CCC(=O)Nc1cccc(Cl)c1Cl. The topological polar surface area (TPSA) is 51.1 Å². The molecule has 4 nitrogen and oxygen atoms in total. The summed E-state index contributed by atoms with van der Waals surface area (Å²) in [6, 6.07) is 5.03. The second kappa shape index (κ2) is 6.43. The van der Waals surface area contributed by atoms with Gasteiger partial charge in [0.25, 0.3) is 0 Å². The van der Waals surface area contributed by atoms with Crippen molar-refractivity contribution in [2.75, 3.05) is 5.32 Å². The highest BCUT2D eigenvalue weighted by Gasteiger charge is 2.10. The summed E-state index contributed by atoms with van der Waals surface area (Å²) < 4.78 is 1.57. The van der Waals surface area contributed by atoms with Crippen molar-refractivity contribution >= 4 is 46.1 Å². The first-order chi connectivity index (χ1) is 9.49. The summed E-state index contributed by atoms with van der Waals surface area (Å²) in [7, 11) is 0. The second-order valence-electron chi connectivity index (χ2n) is 4.19. The number of aromatic nitrogens is 1. The molecule has 0 saturated heterocycles. The van der Waals surface area contributed by atoms with Crippen LogP contribution in [0.2, 0.25) is 10.0 Å². The van der Waals surface area contributed by atoms with Crippen LogP contribution in [0.1, 0.15) is 12.1 Å². The third kappa shape index (κ3) is 3.42. The van der Waals surface area contributed by atoms with E-state index in [-0.39, 0.29) is 17.2 Å². The first-order valence-corrected chi connectivity index (χ1v) is 7.51. The Kier molecular flexibility index (Phi) is 4.86. The van der Waals surface area contributed by atoms with Crippen LogP contribution in [0.3, 0.4) is 0 Å². The normalized spacial score (nSPS) is 10.6. The number of hydrogen-bond donors (Lipinski definition) is 1. The molecule has 2 rings (SSSR count). The lowest BCUT2D eigenvalue weighted by Crippen LogP contribution is -2.20. The zero-order valence-corrected chi connectivity index (χ0v) is 13.0. The number of aryl methyl sites for hydroxylation is 1. The van der Waals surface area contributed by atoms with Gasteiger partial charge in [-0.25, -0.2) is 0 Å². The van der Waals surface area contributed by atoms with Crippen LogP contribution < -0.4 is 10.2 Å². The molecule has 0 aliphatic heterocycles. The molecule has 0 atom stereocenters. The first kappa shape index (κ1) is 15.1. The molecule has 1 amide bonds. The highest BCUT2D eigenvalue weighted by molar-refractivity contribution is 7.07. The quantitative estimate of drug-likeness (QED) is 0.931. The maximum Gasteiger partial charge on any atom is 0.307 e. The lowest BCUT2D eigenvalue weighted by atomic mass is 10.3. The van der Waals surface area contributed by atoms with Crippen molar-refractivity contribution in [3.8, 4) is 0 Å². The number of nitrogens with one attached hydrogen (secondary N) is 1. The van der Waals surface area contributed by atoms with Crippen LogP contribution in [-0.2, 0) is 11.3 Å². The van der Waals surface area contributed by atoms with Crippen LogP contribution in [0, 0.1) is 6.92 Å². The lowest BCUT2D eigenvalue weighted by molar-refractivity contribution is -0.116. The Morgan fingerprint density at radius 1 is 1.40 bits per heavy atom. The van der Waals surface area contributed by atoms with Gasteiger partial charge in [0.1, 0.15) is 0 Å². The van der Waals surface area contributed by atoms with Gasteiger partial charge in [0.05, 0.1) is 15.7 Å². The zero-order valence-electron chi connectivity index (χ0n) is 10.7. The summed E-state index contributed by atoms with van der Waals surface area (Å²) in [5.74, 6) is -0.216. The van der Waals surface area contributed by atoms with E-state index < -0.39 is 0 Å². The lowest BCUT2D eigenvalue weighted by Gasteiger charge is -2.08. The molecule has 106 valence electrons. The van der Waals surface area contributed by atoms with Crippen molar-refractivity contribution in [2.45, 2.75) is 19.9 Å². The molecule has 0 bridgehead atoms. The molecule has 7 heteroatoms. The Bertz CT molecular complexity index is 694. The standard InChI is InChI=1S/C13H12Cl2N2O2S/c1-8-7-20-13(19)17(8)6-5-11(18)16-10-4-2-3-9(14)12(10)15/h2-4,7H,5-6H2,1H3,(H,16,18). The van der Waals surface area contributed by atoms with Gasteiger partial charge in [0.15, 0.2) is 0 Å². The second-order valence-corrected chi connectivity index (χ2v) is 5.80. The van der Waals surface area contributed by atoms with Crippen LogP contribution in [0.25, 0.3) is 0 Å². The summed E-state index contributed by atoms with van der Waals surface area (Å²) in [6.07, 6.45) is 0.195. The van der Waals surface area contributed by atoms with E-state index in [9.17, 15) is 9.59 Å². The maximum atomic E-state index is 11.9. The van der Waals surface area contributed by atoms with Crippen molar-refractivity contribution in [1.29, 1.82) is 0 Å². The average molecular weight is 331 g/mol. The fraction of sp³-hybridized carbons (Fsp3) is 0.231. The number of amides is 1. The minimum absolute atomic E-state index is 0.0592. The van der Waals surface area contributed by atoms with E-state index in [1.165, 1.54) is 0 Å². The average Bonchev–Trinajstić information content (AvgIpc) is 2.72. The molecule has 2 aromatic rings. The molecule has 1 aromatic heterocycles. The van der Waals surface area contributed by atoms with Gasteiger partial charge in [-0.3, -0.25) is 9.59 Å². The predicted octanol–water partition coefficient (Wildman–Crippen LogP) is 3.55. The van der Waals surface area contributed by atoms with Crippen LogP contribution in [0.5, 0.6) is 0 Å². The van der Waals surface area contributed by atoms with Crippen LogP contribution >= 0.6 is 34.5 Å². The third-order valence-corrected chi connectivity index (χ3v) is 4.46. The summed E-state index contributed by atoms with van der Waals surface area (Å²) in [4.78, 5) is 23.3. The number of halogens is 2. The van der Waals surface area contributed by atoms with Gasteiger partial charge in [-0.2, -0.15) is 0 Å². The summed E-state index contributed by atoms with van der Waals surface area (Å²) in [5.41, 5.74) is 1.33. The summed E-state index contributed by atoms with van der Waals surface area (Å²) in [6.45, 7) is 2.18. The van der Waals surface area contributed by atoms with Gasteiger partial charge in [-0.1, -0.05) is 40.6 Å². The van der Waals surface area contributed by atoms with Crippen LogP contribution in [0.15, 0.2) is 28.4 Å². The van der Waals surface area contributed by atoms with E-state index in [1.54, 1.807) is 28.1 Å². The Hall–Kier alpha value is -1.30. The van der Waals surface area contributed by atoms with E-state index >= 15 is 0 Å². The largest absolute Gasteiger partial charge is 0.325 e. The zero-order chi connectivity index (χ0) is 14.7. The van der Waals surface area contributed by atoms with Crippen LogP contribution in [-0.4, -0.2) is 10.5 Å². The number of carbonyl (C=O) groups excluding carboxylic acids is 1. The van der Waals surface area contributed by atoms with Gasteiger partial charge in [-0.15, -0.1) is 0 Å². The molecular weight excluding hydrogens is 319 g/mol. The summed E-state index contributed by atoms with van der Waals surface area (Å²) >= 11 is 13.0. The van der Waals surface area contributed by atoms with Gasteiger partial charge >= 0.3 is 4.87 Å². The molecule has 0 saturated carbocycles. The highest BCUT2D eigenvalue weighted by atomic mass is 35.5. The van der Waals surface area contributed by atoms with Crippen molar-refractivity contribution in [3.63, 3.8) is 0 Å². The monoisotopic (exact) mass is 330 g/mol. The fourth-order valence-electron chi connectivity index (χ4n) is 1.70. The van der Waals surface area contributed by atoms with Gasteiger partial charge < -0.3 is 9.88 Å². The molecule has 20 heavy (non-hydrogen) atoms. The van der Waals surface area contributed by atoms with Crippen molar-refractivity contribution < 1.29 is 4.79 Å². The van der Waals surface area contributed by atoms with E-state index in [1.807, 2.05) is 6.92 Å². The van der Waals surface area contributed by atoms with Gasteiger partial charge in [-0.05, 0) is 19.1 Å². The number of anilines is 1. The highest BCUT2D eigenvalue weighted by Crippen LogP contribution is 2.29. The number of benzene rings is 1. The number of thiazole rings is 1. The minimum Gasteiger partial charge on any atom is -0.325 e. The van der Waals surface area contributed by atoms with E-state index in [4.69, 9.17) is 23.2 Å². The van der Waals surface area contributed by atoms with Crippen molar-refractivity contribution in [3.05, 3.63) is 49.0 Å². The summed E-state index contributed by atoms with van der Waals surface area (Å²) in [5, 5.41) is 5.15. The molecule has 1 N–H and O–H groups in total. The Balaban J connectivity index is 2.00. The fourth-order valence-corrected chi connectivity index (χ4v) is 2.81. The number of rotatable bonds is 4. The van der Waals surface area contributed by atoms with E-state index in [2.05, 4.69) is 5.32 Å². The number of hydrogen-bond acceptors (Lipinski definition) is 3. The smallest absolute Gasteiger partial charge is 0.307 e. The molecule has 0 aliphatic carbocycles. The molecule has 1 aromatic carbocycles. The van der Waals surface area contributed by atoms with Gasteiger partial charge in [0, 0.05) is 24.0 Å². The Morgan fingerprint density at radius 3 is 2.80 bits per heavy atom. The maximum absolute atomic E-state index is 11.9. The molecular formula is C13H12Cl2N2O2S. The van der Waals surface area contributed by atoms with Crippen LogP contribution in [0.4, 0.5) is 5.69 Å². The predicted molar refractivity (Wildman–Crippen MR) is 83.0 cm³/mol. The third-order valence-electron chi connectivity index (χ3n) is 2.76. The van der Waals surface area contributed by atoms with E-state index in [0.29, 0.717) is 22.3 Å². The minimum atomic E-state index is -0.216. The molecule has 0 fully saturated rings. The first-order valence-electron chi connectivity index (χ1n) is 5.88. The Morgan fingerprint density at radius 2 is 2.15 bits per heavy atom. The molecule has 0 aliphatic rings. The Labute approximate surface area is 129 Å². The molecule has 0 unspecified atom stereocenters. The van der Waals surface area contributed by atoms with E-state index in [0.717, 1.165) is 17.0 Å². The number of carbonyl (C=O) groups is 1. The number of nitrogens with zero attached hydrogens (tertiary/aromatic N) is 1. The molecule has 0 radical (unpaired) electrons. The van der Waals surface area contributed by atoms with Crippen molar-refractivity contribution in [1.82, 2.24) is 4.57 Å². The molecule has 1 heterocycles. The van der Waals surface area contributed by atoms with Crippen molar-refractivity contribution in [2.24, 2.45) is 0 Å².